The molecule has 0 atom stereocenters. The molecule has 2 aromatic carbocycles. The topological polar surface area (TPSA) is 25.4 Å². The van der Waals surface area contributed by atoms with E-state index in [1.807, 2.05) is 0 Å². The number of nitrogens with zero attached hydrogens (tertiary/aromatic N) is 2. The summed E-state index contributed by atoms with van der Waals surface area (Å²) in [4.78, 5) is 7.68. The second-order valence-corrected chi connectivity index (χ2v) is 9.19. The second-order valence-electron chi connectivity index (χ2n) is 9.19. The van der Waals surface area contributed by atoms with Crippen LogP contribution in [0.3, 0.4) is 0 Å². The first-order valence-electron chi connectivity index (χ1n) is 13.0. The van der Waals surface area contributed by atoms with E-state index in [9.17, 15) is 0 Å². The zero-order valence-corrected chi connectivity index (χ0v) is 21.9. The predicted molar refractivity (Wildman–Crippen MR) is 144 cm³/mol. The van der Waals surface area contributed by atoms with Crippen LogP contribution < -0.4 is 4.74 Å². The Labute approximate surface area is 207 Å². The monoisotopic (exact) mass is 458 g/mol. The smallest absolute Gasteiger partial charge is 0.127 e. The molecule has 0 unspecified atom stereocenters. The molecule has 34 heavy (non-hydrogen) atoms. The van der Waals surface area contributed by atoms with Crippen LogP contribution in [0.4, 0.5) is 0 Å². The van der Waals surface area contributed by atoms with Crippen molar-refractivity contribution in [2.24, 2.45) is 0 Å². The van der Waals surface area contributed by atoms with Gasteiger partial charge in [0, 0.05) is 36.0 Å². The van der Waals surface area contributed by atoms with Gasteiger partial charge in [-0.1, -0.05) is 88.6 Å². The number of benzene rings is 2. The molecule has 3 heteroatoms. The van der Waals surface area contributed by atoms with E-state index in [1.165, 1.54) is 53.5 Å². The van der Waals surface area contributed by atoms with Gasteiger partial charge in [0.15, 0.2) is 0 Å². The summed E-state index contributed by atoms with van der Waals surface area (Å²) in [6.07, 6.45) is 7.05. The van der Waals surface area contributed by atoms with Crippen molar-refractivity contribution in [3.8, 4) is 17.0 Å². The van der Waals surface area contributed by atoms with Gasteiger partial charge in [-0.05, 0) is 49.4 Å². The van der Waals surface area contributed by atoms with Crippen molar-refractivity contribution in [2.45, 2.75) is 79.3 Å². The number of hydrogen-bond acceptors (Lipinski definition) is 3. The molecule has 0 fully saturated rings. The third-order valence-electron chi connectivity index (χ3n) is 6.72. The van der Waals surface area contributed by atoms with Crippen LogP contribution in [0, 0.1) is 6.92 Å². The van der Waals surface area contributed by atoms with Gasteiger partial charge >= 0.3 is 0 Å². The van der Waals surface area contributed by atoms with E-state index >= 15 is 0 Å². The van der Waals surface area contributed by atoms with Crippen LogP contribution >= 0.6 is 0 Å². The molecule has 0 saturated heterocycles. The van der Waals surface area contributed by atoms with E-state index in [-0.39, 0.29) is 0 Å². The van der Waals surface area contributed by atoms with E-state index in [0.29, 0.717) is 0 Å². The normalized spacial score (nSPS) is 11.2. The Balaban J connectivity index is 1.93. The van der Waals surface area contributed by atoms with E-state index in [2.05, 4.69) is 87.2 Å². The molecule has 1 heterocycles. The molecule has 0 aliphatic carbocycles. The van der Waals surface area contributed by atoms with Crippen LogP contribution in [-0.4, -0.2) is 23.5 Å². The molecular weight excluding hydrogens is 416 g/mol. The highest BCUT2D eigenvalue weighted by Crippen LogP contribution is 2.33. The van der Waals surface area contributed by atoms with Gasteiger partial charge in [-0.2, -0.15) is 0 Å². The lowest BCUT2D eigenvalue weighted by Gasteiger charge is -2.25. The van der Waals surface area contributed by atoms with Gasteiger partial charge in [-0.25, -0.2) is 0 Å². The average Bonchev–Trinajstić information content (AvgIpc) is 2.87. The molecule has 3 nitrogen and oxygen atoms in total. The maximum absolute atomic E-state index is 5.96. The number of rotatable bonds is 13. The van der Waals surface area contributed by atoms with Gasteiger partial charge in [0.2, 0.25) is 0 Å². The molecule has 0 saturated carbocycles. The molecule has 1 aromatic heterocycles. The van der Waals surface area contributed by atoms with Crippen LogP contribution in [0.25, 0.3) is 11.3 Å². The van der Waals surface area contributed by atoms with Gasteiger partial charge in [-0.15, -0.1) is 0 Å². The quantitative estimate of drug-likeness (QED) is 0.245. The lowest BCUT2D eigenvalue weighted by Crippen LogP contribution is -2.25. The number of unbranched alkanes of at least 4 members (excludes halogenated alkanes) is 3. The maximum atomic E-state index is 5.96. The summed E-state index contributed by atoms with van der Waals surface area (Å²) < 4.78 is 5.96. The molecule has 182 valence electrons. The third-order valence-corrected chi connectivity index (χ3v) is 6.72. The summed E-state index contributed by atoms with van der Waals surface area (Å²) in [5.41, 5.74) is 8.62. The molecular formula is C31H42N2O. The van der Waals surface area contributed by atoms with Gasteiger partial charge in [0.25, 0.3) is 0 Å². The molecule has 0 amide bonds. The van der Waals surface area contributed by atoms with Gasteiger partial charge < -0.3 is 4.74 Å². The molecule has 0 aliphatic rings. The highest BCUT2D eigenvalue weighted by atomic mass is 16.5. The van der Waals surface area contributed by atoms with Gasteiger partial charge in [-0.3, -0.25) is 9.88 Å². The summed E-state index contributed by atoms with van der Waals surface area (Å²) >= 11 is 0. The van der Waals surface area contributed by atoms with Crippen LogP contribution in [0.1, 0.15) is 74.4 Å². The van der Waals surface area contributed by atoms with E-state index < -0.39 is 0 Å². The summed E-state index contributed by atoms with van der Waals surface area (Å²) in [5.74, 6) is 0.946. The van der Waals surface area contributed by atoms with Crippen molar-refractivity contribution in [3.05, 3.63) is 82.5 Å². The van der Waals surface area contributed by atoms with Crippen LogP contribution in [0.2, 0.25) is 0 Å². The largest absolute Gasteiger partial charge is 0.496 e. The number of hydrogen-bond donors (Lipinski definition) is 0. The van der Waals surface area contributed by atoms with Crippen molar-refractivity contribution in [2.75, 3.05) is 13.7 Å². The summed E-state index contributed by atoms with van der Waals surface area (Å²) in [5, 5.41) is 0. The molecule has 0 spiro atoms. The Kier molecular flexibility index (Phi) is 10.2. The van der Waals surface area contributed by atoms with E-state index in [1.54, 1.807) is 7.11 Å². The molecule has 0 radical (unpaired) electrons. The van der Waals surface area contributed by atoms with Crippen LogP contribution in [0.5, 0.6) is 5.75 Å². The number of aryl methyl sites for hydroxylation is 3. The Morgan fingerprint density at radius 3 is 2.15 bits per heavy atom. The minimum absolute atomic E-state index is 0.847. The second kappa shape index (κ2) is 13.3. The average molecular weight is 459 g/mol. The molecule has 0 aliphatic heterocycles. The Hall–Kier alpha value is -2.65. The van der Waals surface area contributed by atoms with Crippen molar-refractivity contribution >= 4 is 0 Å². The molecule has 3 rings (SSSR count). The highest BCUT2D eigenvalue weighted by molar-refractivity contribution is 5.70. The molecule has 3 aromatic rings. The fourth-order valence-electron chi connectivity index (χ4n) is 4.79. The zero-order valence-electron chi connectivity index (χ0n) is 21.9. The van der Waals surface area contributed by atoms with Gasteiger partial charge in [0.05, 0.1) is 12.8 Å². The predicted octanol–water partition coefficient (Wildman–Crippen LogP) is 7.77. The van der Waals surface area contributed by atoms with Crippen LogP contribution in [0.15, 0.2) is 54.6 Å². The van der Waals surface area contributed by atoms with Crippen LogP contribution in [-0.2, 0) is 25.9 Å². The number of aromatic nitrogens is 1. The first-order chi connectivity index (χ1) is 16.6. The van der Waals surface area contributed by atoms with E-state index in [0.717, 1.165) is 49.6 Å². The maximum Gasteiger partial charge on any atom is 0.127 e. The Morgan fingerprint density at radius 1 is 0.824 bits per heavy atom. The number of ether oxygens (including phenoxy) is 1. The first kappa shape index (κ1) is 26.0. The third kappa shape index (κ3) is 6.70. The van der Waals surface area contributed by atoms with Crippen molar-refractivity contribution in [1.29, 1.82) is 0 Å². The zero-order chi connectivity index (χ0) is 24.3. The minimum Gasteiger partial charge on any atom is -0.496 e. The highest BCUT2D eigenvalue weighted by Gasteiger charge is 2.18. The summed E-state index contributed by atoms with van der Waals surface area (Å²) in [6.45, 7) is 11.7. The van der Waals surface area contributed by atoms with Gasteiger partial charge in [0.1, 0.15) is 5.75 Å². The summed E-state index contributed by atoms with van der Waals surface area (Å²) in [6, 6.07) is 19.6. The van der Waals surface area contributed by atoms with Crippen molar-refractivity contribution in [3.63, 3.8) is 0 Å². The fourth-order valence-corrected chi connectivity index (χ4v) is 4.79. The number of pyridine rings is 1. The Morgan fingerprint density at radius 2 is 1.53 bits per heavy atom. The first-order valence-corrected chi connectivity index (χ1v) is 13.0. The molecule has 0 bridgehead atoms. The standard InChI is InChI=1S/C31H42N2O/c1-6-9-10-14-20-33(22-25-16-12-11-13-17-25)23-28-24(4)32-29(21-30(28)34-5)31-26(7-2)18-15-19-27(31)8-3/h11-13,15-19,21H,6-10,14,20,22-23H2,1-5H3. The number of methoxy groups -OCH3 is 1. The van der Waals surface area contributed by atoms with Crippen molar-refractivity contribution in [1.82, 2.24) is 9.88 Å². The summed E-state index contributed by atoms with van der Waals surface area (Å²) in [7, 11) is 1.79. The van der Waals surface area contributed by atoms with Crippen molar-refractivity contribution < 1.29 is 4.74 Å². The lowest BCUT2D eigenvalue weighted by atomic mass is 9.94. The SMILES string of the molecule is CCCCCCN(Cc1ccccc1)Cc1c(OC)cc(-c2c(CC)cccc2CC)nc1C. The molecule has 0 N–H and O–H groups in total. The lowest BCUT2D eigenvalue weighted by molar-refractivity contribution is 0.245. The Bertz CT molecular complexity index is 1010. The van der Waals surface area contributed by atoms with E-state index in [4.69, 9.17) is 9.72 Å². The minimum atomic E-state index is 0.847. The fraction of sp³-hybridized carbons (Fsp3) is 0.452.